The van der Waals surface area contributed by atoms with Gasteiger partial charge in [-0.05, 0) is 17.7 Å². The van der Waals surface area contributed by atoms with Crippen molar-refractivity contribution < 1.29 is 0 Å². The largest absolute Gasteiger partial charge is 0.349 e. The topological polar surface area (TPSA) is 84.4 Å². The van der Waals surface area contributed by atoms with Crippen LogP contribution in [0.3, 0.4) is 0 Å². The number of rotatable bonds is 6. The van der Waals surface area contributed by atoms with Gasteiger partial charge in [0.1, 0.15) is 5.82 Å². The Hall–Kier alpha value is -2.95. The van der Waals surface area contributed by atoms with Crippen LogP contribution < -0.4 is 10.6 Å². The molecule has 0 fully saturated rings. The third-order valence-electron chi connectivity index (χ3n) is 4.43. The van der Waals surface area contributed by atoms with Crippen molar-refractivity contribution in [2.75, 3.05) is 7.05 Å². The highest BCUT2D eigenvalue weighted by Crippen LogP contribution is 2.06. The Morgan fingerprint density at radius 3 is 2.48 bits per heavy atom. The van der Waals surface area contributed by atoms with E-state index in [0.717, 1.165) is 23.8 Å². The molecule has 0 amide bonds. The first-order chi connectivity index (χ1) is 13.8. The van der Waals surface area contributed by atoms with Gasteiger partial charge in [0.05, 0.1) is 13.1 Å². The van der Waals surface area contributed by atoms with Gasteiger partial charge in [0.15, 0.2) is 17.4 Å². The molecular weight excluding hydrogens is 479 g/mol. The molecule has 150 valence electrons. The minimum absolute atomic E-state index is 0. The van der Waals surface area contributed by atoms with E-state index < -0.39 is 0 Å². The Balaban J connectivity index is 0.00000240. The van der Waals surface area contributed by atoms with E-state index in [1.807, 2.05) is 59.4 Å². The van der Waals surface area contributed by atoms with Gasteiger partial charge < -0.3 is 15.2 Å². The van der Waals surface area contributed by atoms with Gasteiger partial charge >= 0.3 is 0 Å². The minimum atomic E-state index is 0. The minimum Gasteiger partial charge on any atom is -0.349 e. The number of nitrogens with zero attached hydrogens (tertiary/aromatic N) is 6. The maximum absolute atomic E-state index is 4.46. The van der Waals surface area contributed by atoms with E-state index in [1.165, 1.54) is 5.56 Å². The summed E-state index contributed by atoms with van der Waals surface area (Å²) in [6.45, 7) is 1.87. The number of hydrogen-bond acceptors (Lipinski definition) is 4. The number of aliphatic imine (C=N–C) groups is 1. The summed E-state index contributed by atoms with van der Waals surface area (Å²) >= 11 is 0. The number of nitrogens with one attached hydrogen (secondary N) is 2. The predicted octanol–water partition coefficient (Wildman–Crippen LogP) is 2.46. The molecule has 0 radical (unpaired) electrons. The van der Waals surface area contributed by atoms with Crippen LogP contribution in [0.4, 0.5) is 0 Å². The van der Waals surface area contributed by atoms with Crippen LogP contribution in [-0.2, 0) is 19.6 Å². The predicted molar refractivity (Wildman–Crippen MR) is 123 cm³/mol. The smallest absolute Gasteiger partial charge is 0.191 e. The first-order valence-corrected chi connectivity index (χ1v) is 9.10. The zero-order chi connectivity index (χ0) is 19.2. The van der Waals surface area contributed by atoms with E-state index in [2.05, 4.69) is 47.5 Å². The van der Waals surface area contributed by atoms with Crippen LogP contribution in [0.1, 0.15) is 17.2 Å². The normalized spacial score (nSPS) is 11.3. The van der Waals surface area contributed by atoms with Gasteiger partial charge in [-0.3, -0.25) is 9.39 Å². The standard InChI is InChI=1S/C20H22N8.HI/c1-21-20(24-14-19-26-25-17-9-5-6-11-28(17)19)23-13-18-22-10-12-27(18)15-16-7-3-2-4-8-16;/h2-12H,13-15H2,1H3,(H2,21,23,24);1H. The van der Waals surface area contributed by atoms with E-state index >= 15 is 0 Å². The molecule has 0 spiro atoms. The van der Waals surface area contributed by atoms with Gasteiger partial charge in [-0.15, -0.1) is 34.2 Å². The first kappa shape index (κ1) is 20.8. The number of guanidine groups is 1. The number of halogens is 1. The molecule has 4 aromatic rings. The lowest BCUT2D eigenvalue weighted by Gasteiger charge is -2.12. The zero-order valence-electron chi connectivity index (χ0n) is 16.1. The Bertz CT molecular complexity index is 1070. The average Bonchev–Trinajstić information content (AvgIpc) is 3.36. The molecule has 1 aromatic carbocycles. The van der Waals surface area contributed by atoms with Crippen LogP contribution in [0, 0.1) is 0 Å². The van der Waals surface area contributed by atoms with Crippen LogP contribution in [0.15, 0.2) is 72.1 Å². The van der Waals surface area contributed by atoms with Gasteiger partial charge in [0, 0.05) is 32.2 Å². The molecule has 0 aliphatic rings. The molecule has 4 rings (SSSR count). The van der Waals surface area contributed by atoms with Gasteiger partial charge in [-0.1, -0.05) is 36.4 Å². The molecule has 0 atom stereocenters. The van der Waals surface area contributed by atoms with Gasteiger partial charge in [-0.2, -0.15) is 0 Å². The van der Waals surface area contributed by atoms with E-state index in [9.17, 15) is 0 Å². The molecular formula is C20H23IN8. The Morgan fingerprint density at radius 2 is 1.69 bits per heavy atom. The summed E-state index contributed by atoms with van der Waals surface area (Å²) in [4.78, 5) is 8.74. The molecule has 0 saturated heterocycles. The molecule has 3 aromatic heterocycles. The molecule has 0 saturated carbocycles. The fourth-order valence-electron chi connectivity index (χ4n) is 2.99. The lowest BCUT2D eigenvalue weighted by atomic mass is 10.2. The van der Waals surface area contributed by atoms with E-state index in [1.54, 1.807) is 7.05 Å². The number of pyridine rings is 1. The third-order valence-corrected chi connectivity index (χ3v) is 4.43. The van der Waals surface area contributed by atoms with Crippen molar-refractivity contribution in [1.82, 2.24) is 34.8 Å². The number of hydrogen-bond donors (Lipinski definition) is 2. The van der Waals surface area contributed by atoms with Crippen LogP contribution in [-0.4, -0.2) is 37.2 Å². The Labute approximate surface area is 186 Å². The molecule has 29 heavy (non-hydrogen) atoms. The molecule has 0 unspecified atom stereocenters. The molecule has 0 bridgehead atoms. The summed E-state index contributed by atoms with van der Waals surface area (Å²) in [6, 6.07) is 16.2. The van der Waals surface area contributed by atoms with Crippen molar-refractivity contribution in [2.24, 2.45) is 4.99 Å². The quantitative estimate of drug-likeness (QED) is 0.241. The molecule has 8 nitrogen and oxygen atoms in total. The zero-order valence-corrected chi connectivity index (χ0v) is 18.4. The maximum atomic E-state index is 4.46. The molecule has 9 heteroatoms. The summed E-state index contributed by atoms with van der Waals surface area (Å²) in [5, 5.41) is 15.0. The number of benzene rings is 1. The number of fused-ring (bicyclic) bond motifs is 1. The van der Waals surface area contributed by atoms with Crippen LogP contribution in [0.5, 0.6) is 0 Å². The van der Waals surface area contributed by atoms with Crippen molar-refractivity contribution in [3.05, 3.63) is 84.3 Å². The Kier molecular flexibility index (Phi) is 7.17. The van der Waals surface area contributed by atoms with E-state index in [4.69, 9.17) is 0 Å². The summed E-state index contributed by atoms with van der Waals surface area (Å²) in [6.07, 6.45) is 5.75. The summed E-state index contributed by atoms with van der Waals surface area (Å²) in [5.74, 6) is 2.45. The number of aromatic nitrogens is 5. The highest BCUT2D eigenvalue weighted by molar-refractivity contribution is 14.0. The molecule has 0 aliphatic heterocycles. The third kappa shape index (κ3) is 5.11. The highest BCUT2D eigenvalue weighted by Gasteiger charge is 2.08. The SMILES string of the molecule is CN=C(NCc1nccn1Cc1ccccc1)NCc1nnc2ccccn12.I. The lowest BCUT2D eigenvalue weighted by molar-refractivity contribution is 0.684. The maximum Gasteiger partial charge on any atom is 0.191 e. The summed E-state index contributed by atoms with van der Waals surface area (Å²) < 4.78 is 4.08. The van der Waals surface area contributed by atoms with Crippen molar-refractivity contribution in [2.45, 2.75) is 19.6 Å². The van der Waals surface area contributed by atoms with Gasteiger partial charge in [-0.25, -0.2) is 4.98 Å². The monoisotopic (exact) mass is 502 g/mol. The van der Waals surface area contributed by atoms with Crippen LogP contribution in [0.2, 0.25) is 0 Å². The van der Waals surface area contributed by atoms with Crippen LogP contribution >= 0.6 is 24.0 Å². The second-order valence-corrected chi connectivity index (χ2v) is 6.28. The highest BCUT2D eigenvalue weighted by atomic mass is 127. The van der Waals surface area contributed by atoms with Crippen LogP contribution in [0.25, 0.3) is 5.65 Å². The van der Waals surface area contributed by atoms with E-state index in [-0.39, 0.29) is 24.0 Å². The van der Waals surface area contributed by atoms with Crippen molar-refractivity contribution in [3.63, 3.8) is 0 Å². The van der Waals surface area contributed by atoms with Crippen molar-refractivity contribution >= 4 is 35.6 Å². The lowest BCUT2D eigenvalue weighted by Crippen LogP contribution is -2.37. The average molecular weight is 502 g/mol. The Morgan fingerprint density at radius 1 is 0.931 bits per heavy atom. The van der Waals surface area contributed by atoms with Gasteiger partial charge in [0.25, 0.3) is 0 Å². The summed E-state index contributed by atoms with van der Waals surface area (Å²) in [5.41, 5.74) is 2.06. The first-order valence-electron chi connectivity index (χ1n) is 9.10. The van der Waals surface area contributed by atoms with Crippen molar-refractivity contribution in [1.29, 1.82) is 0 Å². The molecule has 0 aliphatic carbocycles. The second-order valence-electron chi connectivity index (χ2n) is 6.28. The van der Waals surface area contributed by atoms with Crippen molar-refractivity contribution in [3.8, 4) is 0 Å². The van der Waals surface area contributed by atoms with Gasteiger partial charge in [0.2, 0.25) is 0 Å². The molecule has 2 N–H and O–H groups in total. The fourth-order valence-corrected chi connectivity index (χ4v) is 2.99. The van der Waals surface area contributed by atoms with E-state index in [0.29, 0.717) is 19.0 Å². The fraction of sp³-hybridized carbons (Fsp3) is 0.200. The molecule has 3 heterocycles. The number of imidazole rings is 1. The summed E-state index contributed by atoms with van der Waals surface area (Å²) in [7, 11) is 1.74. The second kappa shape index (κ2) is 10.0.